The Bertz CT molecular complexity index is 523. The van der Waals surface area contributed by atoms with Gasteiger partial charge in [-0.15, -0.1) is 0 Å². The molecule has 2 heterocycles. The van der Waals surface area contributed by atoms with Gasteiger partial charge in [0.05, 0.1) is 24.6 Å². The summed E-state index contributed by atoms with van der Waals surface area (Å²) in [6, 6.07) is 7.64. The van der Waals surface area contributed by atoms with E-state index in [2.05, 4.69) is 9.97 Å². The number of fused-ring (bicyclic) bond motifs is 1. The topological polar surface area (TPSA) is 70.3 Å². The molecule has 0 spiro atoms. The zero-order valence-electron chi connectivity index (χ0n) is 9.51. The maximum Gasteiger partial charge on any atom is 0.221 e. The van der Waals surface area contributed by atoms with Gasteiger partial charge in [-0.3, -0.25) is 0 Å². The maximum absolute atomic E-state index is 5.62. The van der Waals surface area contributed by atoms with Crippen LogP contribution in [0.1, 0.15) is 12.5 Å². The van der Waals surface area contributed by atoms with Gasteiger partial charge in [0.25, 0.3) is 0 Å². The van der Waals surface area contributed by atoms with Crippen LogP contribution in [0.2, 0.25) is 0 Å². The molecule has 0 aromatic heterocycles. The van der Waals surface area contributed by atoms with Gasteiger partial charge < -0.3 is 15.2 Å². The lowest BCUT2D eigenvalue weighted by Crippen LogP contribution is -2.21. The monoisotopic (exact) mass is 231 g/mol. The Morgan fingerprint density at radius 2 is 1.88 bits per heavy atom. The third kappa shape index (κ3) is 1.73. The normalized spacial score (nSPS) is 18.6. The van der Waals surface area contributed by atoms with Crippen LogP contribution in [0.15, 0.2) is 24.3 Å². The predicted molar refractivity (Wildman–Crippen MR) is 62.3 cm³/mol. The quantitative estimate of drug-likeness (QED) is 0.803. The zero-order valence-corrected chi connectivity index (χ0v) is 9.51. The highest BCUT2D eigenvalue weighted by molar-refractivity contribution is 5.60. The van der Waals surface area contributed by atoms with Crippen LogP contribution >= 0.6 is 0 Å². The van der Waals surface area contributed by atoms with Crippen molar-refractivity contribution in [1.29, 1.82) is 0 Å². The van der Waals surface area contributed by atoms with Gasteiger partial charge in [0.2, 0.25) is 5.95 Å². The Morgan fingerprint density at radius 1 is 1.18 bits per heavy atom. The molecular formula is C12H13N3O2. The average Bonchev–Trinajstić information content (AvgIpc) is 2.81. The van der Waals surface area contributed by atoms with E-state index in [0.717, 1.165) is 17.0 Å². The second kappa shape index (κ2) is 3.65. The minimum absolute atomic E-state index is 0.288. The predicted octanol–water partition coefficient (Wildman–Crippen LogP) is 1.38. The van der Waals surface area contributed by atoms with Gasteiger partial charge >= 0.3 is 0 Å². The van der Waals surface area contributed by atoms with E-state index in [4.69, 9.17) is 15.2 Å². The molecule has 3 aliphatic rings. The molecule has 0 aromatic rings. The van der Waals surface area contributed by atoms with Crippen LogP contribution in [-0.4, -0.2) is 23.2 Å². The van der Waals surface area contributed by atoms with Crippen LogP contribution in [0.4, 0.5) is 5.95 Å². The summed E-state index contributed by atoms with van der Waals surface area (Å²) >= 11 is 0. The van der Waals surface area contributed by atoms with Gasteiger partial charge in [0.1, 0.15) is 0 Å². The fourth-order valence-electron chi connectivity index (χ4n) is 2.02. The van der Waals surface area contributed by atoms with E-state index >= 15 is 0 Å². The molecule has 88 valence electrons. The standard InChI is InChI=1S/C12H13N3O2/c1-12(16-5-6-17-12)8-3-2-4-9-10(7-8)15-11(13)14-9/h2-4,7H,5-6H2,1H3,(H2,13,14,15). The second-order valence-electron chi connectivity index (χ2n) is 4.12. The molecule has 3 rings (SSSR count). The van der Waals surface area contributed by atoms with Crippen molar-refractivity contribution in [3.8, 4) is 11.4 Å². The summed E-state index contributed by atoms with van der Waals surface area (Å²) in [5.41, 5.74) is 8.03. The number of aromatic nitrogens is 2. The molecule has 0 saturated carbocycles. The van der Waals surface area contributed by atoms with Gasteiger partial charge in [0.15, 0.2) is 5.79 Å². The first-order valence-electron chi connectivity index (χ1n) is 5.49. The molecule has 0 atom stereocenters. The molecule has 17 heavy (non-hydrogen) atoms. The molecule has 2 aliphatic heterocycles. The number of nitrogen functional groups attached to an aromatic ring is 1. The fourth-order valence-corrected chi connectivity index (χ4v) is 2.02. The van der Waals surface area contributed by atoms with E-state index in [1.54, 1.807) is 0 Å². The smallest absolute Gasteiger partial charge is 0.221 e. The van der Waals surface area contributed by atoms with Gasteiger partial charge in [-0.05, 0) is 19.1 Å². The Morgan fingerprint density at radius 3 is 2.65 bits per heavy atom. The Hall–Kier alpha value is -1.72. The summed E-state index contributed by atoms with van der Waals surface area (Å²) in [7, 11) is 0. The Labute approximate surface area is 98.9 Å². The third-order valence-electron chi connectivity index (χ3n) is 2.92. The van der Waals surface area contributed by atoms with Crippen molar-refractivity contribution in [2.45, 2.75) is 12.7 Å². The molecule has 0 amide bonds. The van der Waals surface area contributed by atoms with Crippen LogP contribution in [0.3, 0.4) is 0 Å². The lowest BCUT2D eigenvalue weighted by Gasteiger charge is -2.21. The van der Waals surface area contributed by atoms with Crippen molar-refractivity contribution in [3.63, 3.8) is 0 Å². The van der Waals surface area contributed by atoms with E-state index < -0.39 is 5.79 Å². The second-order valence-corrected chi connectivity index (χ2v) is 4.12. The largest absolute Gasteiger partial charge is 0.368 e. The van der Waals surface area contributed by atoms with Gasteiger partial charge in [-0.2, -0.15) is 0 Å². The van der Waals surface area contributed by atoms with Crippen molar-refractivity contribution in [2.75, 3.05) is 18.9 Å². The average molecular weight is 231 g/mol. The SMILES string of the molecule is CC1(c2cccc3nc(N)nc-3c2)OCCO1. The molecule has 0 radical (unpaired) electrons. The first kappa shape index (κ1) is 10.4. The summed E-state index contributed by atoms with van der Waals surface area (Å²) in [6.45, 7) is 3.11. The van der Waals surface area contributed by atoms with Crippen molar-refractivity contribution < 1.29 is 9.47 Å². The van der Waals surface area contributed by atoms with Crippen molar-refractivity contribution >= 4 is 5.95 Å². The minimum atomic E-state index is -0.695. The molecule has 1 aliphatic carbocycles. The summed E-state index contributed by atoms with van der Waals surface area (Å²) in [5, 5.41) is 0. The Balaban J connectivity index is 2.11. The number of anilines is 1. The van der Waals surface area contributed by atoms with E-state index in [1.165, 1.54) is 0 Å². The van der Waals surface area contributed by atoms with Crippen LogP contribution < -0.4 is 5.73 Å². The number of hydrogen-bond acceptors (Lipinski definition) is 5. The fraction of sp³-hybridized carbons (Fsp3) is 0.333. The van der Waals surface area contributed by atoms with Crippen LogP contribution in [0.5, 0.6) is 0 Å². The molecule has 1 saturated heterocycles. The van der Waals surface area contributed by atoms with Crippen molar-refractivity contribution in [1.82, 2.24) is 9.97 Å². The number of nitrogens with two attached hydrogens (primary N) is 1. The maximum atomic E-state index is 5.62. The van der Waals surface area contributed by atoms with Crippen LogP contribution in [0, 0.1) is 0 Å². The molecule has 5 heteroatoms. The van der Waals surface area contributed by atoms with Gasteiger partial charge in [0, 0.05) is 5.56 Å². The summed E-state index contributed by atoms with van der Waals surface area (Å²) in [4.78, 5) is 8.30. The van der Waals surface area contributed by atoms with Crippen molar-refractivity contribution in [3.05, 3.63) is 29.8 Å². The molecule has 0 bridgehead atoms. The number of hydrogen-bond donors (Lipinski definition) is 1. The minimum Gasteiger partial charge on any atom is -0.368 e. The van der Waals surface area contributed by atoms with Gasteiger partial charge in [-0.1, -0.05) is 12.1 Å². The molecule has 0 unspecified atom stereocenters. The molecular weight excluding hydrogens is 218 g/mol. The summed E-state index contributed by atoms with van der Waals surface area (Å²) in [6.07, 6.45) is 0. The summed E-state index contributed by atoms with van der Waals surface area (Å²) in [5.74, 6) is -0.407. The van der Waals surface area contributed by atoms with E-state index in [0.29, 0.717) is 13.2 Å². The Kier molecular flexibility index (Phi) is 2.24. The molecule has 2 N–H and O–H groups in total. The summed E-state index contributed by atoms with van der Waals surface area (Å²) < 4.78 is 11.2. The highest BCUT2D eigenvalue weighted by Gasteiger charge is 2.33. The first-order chi connectivity index (χ1) is 8.17. The highest BCUT2D eigenvalue weighted by Crippen LogP contribution is 2.32. The zero-order chi connectivity index (χ0) is 11.9. The lowest BCUT2D eigenvalue weighted by molar-refractivity contribution is -0.149. The number of nitrogens with zero attached hydrogens (tertiary/aromatic N) is 2. The first-order valence-corrected chi connectivity index (χ1v) is 5.49. The van der Waals surface area contributed by atoms with E-state index in [1.807, 2.05) is 31.2 Å². The van der Waals surface area contributed by atoms with E-state index in [-0.39, 0.29) is 5.95 Å². The number of ether oxygens (including phenoxy) is 2. The molecule has 0 aromatic carbocycles. The number of imidazole rings is 1. The van der Waals surface area contributed by atoms with Gasteiger partial charge in [-0.25, -0.2) is 9.97 Å². The third-order valence-corrected chi connectivity index (χ3v) is 2.92. The van der Waals surface area contributed by atoms with E-state index in [9.17, 15) is 0 Å². The number of rotatable bonds is 1. The molecule has 5 nitrogen and oxygen atoms in total. The van der Waals surface area contributed by atoms with Crippen LogP contribution in [0.25, 0.3) is 11.4 Å². The highest BCUT2D eigenvalue weighted by atomic mass is 16.7. The molecule has 1 fully saturated rings. The lowest BCUT2D eigenvalue weighted by atomic mass is 10.1. The van der Waals surface area contributed by atoms with Crippen molar-refractivity contribution in [2.24, 2.45) is 0 Å². The van der Waals surface area contributed by atoms with Crippen LogP contribution in [-0.2, 0) is 15.3 Å².